The molecule has 0 radical (unpaired) electrons. The molecule has 0 rings (SSSR count). The van der Waals surface area contributed by atoms with E-state index in [1.54, 1.807) is 0 Å². The van der Waals surface area contributed by atoms with E-state index < -0.39 is 6.09 Å². The second-order valence-electron chi connectivity index (χ2n) is 2.32. The summed E-state index contributed by atoms with van der Waals surface area (Å²) in [5.41, 5.74) is 0.491. The van der Waals surface area contributed by atoms with Gasteiger partial charge in [0.25, 0.3) is 0 Å². The first-order valence-electron chi connectivity index (χ1n) is 3.52. The van der Waals surface area contributed by atoms with Gasteiger partial charge in [-0.25, -0.2) is 4.79 Å². The van der Waals surface area contributed by atoms with Crippen LogP contribution in [-0.2, 0) is 4.79 Å². The minimum absolute atomic E-state index is 0.0402. The maximum Gasteiger partial charge on any atom is 0.404 e. The van der Waals surface area contributed by atoms with Crippen LogP contribution in [0.25, 0.3) is 0 Å². The predicted molar refractivity (Wildman–Crippen MR) is 48.6 cm³/mol. The van der Waals surface area contributed by atoms with Crippen LogP contribution in [0.15, 0.2) is 12.2 Å². The molecular formula is C7H11ClN2O3. The number of carbonyl (C=O) groups is 2. The number of alkyl halides is 1. The molecule has 0 aliphatic rings. The van der Waals surface area contributed by atoms with Gasteiger partial charge in [0, 0.05) is 13.0 Å². The van der Waals surface area contributed by atoms with E-state index in [0.717, 1.165) is 0 Å². The summed E-state index contributed by atoms with van der Waals surface area (Å²) >= 11 is 5.24. The Labute approximate surface area is 80.8 Å². The summed E-state index contributed by atoms with van der Waals surface area (Å²) in [5, 5.41) is 12.7. The van der Waals surface area contributed by atoms with Gasteiger partial charge in [-0.3, -0.25) is 4.79 Å². The number of rotatable bonds is 5. The highest BCUT2D eigenvalue weighted by Gasteiger charge is 2.03. The van der Waals surface area contributed by atoms with E-state index in [-0.39, 0.29) is 24.9 Å². The van der Waals surface area contributed by atoms with Crippen molar-refractivity contribution < 1.29 is 14.7 Å². The lowest BCUT2D eigenvalue weighted by Gasteiger charge is -2.04. The summed E-state index contributed by atoms with van der Waals surface area (Å²) in [6.07, 6.45) is -1.06. The molecule has 0 aliphatic carbocycles. The van der Waals surface area contributed by atoms with Crippen molar-refractivity contribution in [1.29, 1.82) is 0 Å². The normalized spacial score (nSPS) is 9.00. The van der Waals surface area contributed by atoms with E-state index in [1.807, 2.05) is 0 Å². The molecule has 0 saturated heterocycles. The van der Waals surface area contributed by atoms with Crippen molar-refractivity contribution in [2.75, 3.05) is 12.5 Å². The van der Waals surface area contributed by atoms with Crippen LogP contribution in [0.1, 0.15) is 6.42 Å². The third kappa shape index (κ3) is 7.14. The fourth-order valence-electron chi connectivity index (χ4n) is 0.627. The Kier molecular flexibility index (Phi) is 5.71. The molecule has 13 heavy (non-hydrogen) atoms. The van der Waals surface area contributed by atoms with Crippen LogP contribution in [0.5, 0.6) is 0 Å². The minimum atomic E-state index is -1.14. The van der Waals surface area contributed by atoms with Crippen molar-refractivity contribution >= 4 is 23.6 Å². The number of nitrogens with one attached hydrogen (secondary N) is 2. The second-order valence-corrected chi connectivity index (χ2v) is 2.59. The maximum absolute atomic E-state index is 10.9. The van der Waals surface area contributed by atoms with Crippen LogP contribution in [-0.4, -0.2) is 29.7 Å². The van der Waals surface area contributed by atoms with E-state index in [0.29, 0.717) is 5.57 Å². The number of halogens is 1. The average Bonchev–Trinajstić information content (AvgIpc) is 2.01. The number of carboxylic acid groups (broad SMARTS) is 1. The molecule has 0 atom stereocenters. The molecule has 0 fully saturated rings. The molecule has 0 saturated carbocycles. The maximum atomic E-state index is 10.9. The van der Waals surface area contributed by atoms with E-state index in [4.69, 9.17) is 16.7 Å². The smallest absolute Gasteiger partial charge is 0.404 e. The summed E-state index contributed by atoms with van der Waals surface area (Å²) in [7, 11) is 0. The molecule has 0 aromatic carbocycles. The predicted octanol–water partition coefficient (Wildman–Crippen LogP) is 0.513. The van der Waals surface area contributed by atoms with Crippen molar-refractivity contribution in [1.82, 2.24) is 10.6 Å². The summed E-state index contributed by atoms with van der Waals surface area (Å²) in [4.78, 5) is 20.9. The van der Waals surface area contributed by atoms with Crippen LogP contribution in [0.2, 0.25) is 0 Å². The Morgan fingerprint density at radius 1 is 1.38 bits per heavy atom. The van der Waals surface area contributed by atoms with Gasteiger partial charge in [-0.1, -0.05) is 6.58 Å². The van der Waals surface area contributed by atoms with Crippen LogP contribution in [0.4, 0.5) is 4.79 Å². The summed E-state index contributed by atoms with van der Waals surface area (Å²) in [6, 6.07) is 0.0402. The molecule has 0 aliphatic heterocycles. The number of hydrogen-bond acceptors (Lipinski definition) is 2. The van der Waals surface area contributed by atoms with Gasteiger partial charge in [-0.15, -0.1) is 11.6 Å². The fraction of sp³-hybridized carbons (Fsp3) is 0.429. The zero-order valence-electron chi connectivity index (χ0n) is 6.97. The van der Waals surface area contributed by atoms with Crippen LogP contribution < -0.4 is 10.6 Å². The lowest BCUT2D eigenvalue weighted by atomic mass is 10.2. The van der Waals surface area contributed by atoms with Gasteiger partial charge in [0.05, 0.1) is 6.00 Å². The lowest BCUT2D eigenvalue weighted by Crippen LogP contribution is -2.27. The topological polar surface area (TPSA) is 78.4 Å². The Hall–Kier alpha value is -1.23. The fourth-order valence-corrected chi connectivity index (χ4v) is 0.776. The average molecular weight is 207 g/mol. The van der Waals surface area contributed by atoms with Crippen molar-refractivity contribution in [2.24, 2.45) is 0 Å². The zero-order valence-corrected chi connectivity index (χ0v) is 7.73. The largest absolute Gasteiger partial charge is 0.465 e. The van der Waals surface area contributed by atoms with Gasteiger partial charge in [0.2, 0.25) is 5.91 Å². The van der Waals surface area contributed by atoms with E-state index >= 15 is 0 Å². The first kappa shape index (κ1) is 11.8. The van der Waals surface area contributed by atoms with Crippen molar-refractivity contribution in [3.05, 3.63) is 12.2 Å². The minimum Gasteiger partial charge on any atom is -0.465 e. The number of hydrogen-bond donors (Lipinski definition) is 3. The third-order valence-electron chi connectivity index (χ3n) is 1.16. The Balaban J connectivity index is 3.62. The molecule has 5 nitrogen and oxygen atoms in total. The Morgan fingerprint density at radius 3 is 2.46 bits per heavy atom. The number of carbonyl (C=O) groups excluding carboxylic acids is 1. The summed E-state index contributed by atoms with van der Waals surface area (Å²) in [5.74, 6) is -0.271. The molecule has 0 aromatic heterocycles. The summed E-state index contributed by atoms with van der Waals surface area (Å²) < 4.78 is 0. The SMILES string of the molecule is C=C(CNC(=O)O)CC(=O)NCCl. The highest BCUT2D eigenvalue weighted by Crippen LogP contribution is 1.95. The van der Waals surface area contributed by atoms with E-state index in [2.05, 4.69) is 17.2 Å². The van der Waals surface area contributed by atoms with Crippen LogP contribution >= 0.6 is 11.6 Å². The highest BCUT2D eigenvalue weighted by molar-refractivity contribution is 6.18. The number of amides is 2. The molecule has 0 unspecified atom stereocenters. The molecular weight excluding hydrogens is 196 g/mol. The van der Waals surface area contributed by atoms with Crippen molar-refractivity contribution in [3.63, 3.8) is 0 Å². The molecule has 74 valence electrons. The molecule has 0 spiro atoms. The van der Waals surface area contributed by atoms with Gasteiger partial charge in [0.1, 0.15) is 0 Å². The van der Waals surface area contributed by atoms with Gasteiger partial charge in [0.15, 0.2) is 0 Å². The van der Waals surface area contributed by atoms with Crippen LogP contribution in [0.3, 0.4) is 0 Å². The Morgan fingerprint density at radius 2 is 2.00 bits per heavy atom. The quantitative estimate of drug-likeness (QED) is 0.349. The van der Waals surface area contributed by atoms with Gasteiger partial charge >= 0.3 is 6.09 Å². The molecule has 2 amide bonds. The monoisotopic (exact) mass is 206 g/mol. The molecule has 3 N–H and O–H groups in total. The molecule has 0 heterocycles. The van der Waals surface area contributed by atoms with Crippen LogP contribution in [0, 0.1) is 0 Å². The highest BCUT2D eigenvalue weighted by atomic mass is 35.5. The molecule has 0 aromatic rings. The second kappa shape index (κ2) is 6.30. The van der Waals surface area contributed by atoms with Gasteiger partial charge in [-0.05, 0) is 5.57 Å². The third-order valence-corrected chi connectivity index (χ3v) is 1.30. The van der Waals surface area contributed by atoms with Gasteiger partial charge in [-0.2, -0.15) is 0 Å². The molecule has 0 bridgehead atoms. The van der Waals surface area contributed by atoms with Crippen molar-refractivity contribution in [3.8, 4) is 0 Å². The molecule has 6 heteroatoms. The first-order valence-corrected chi connectivity index (χ1v) is 4.05. The first-order chi connectivity index (χ1) is 6.06. The van der Waals surface area contributed by atoms with E-state index in [9.17, 15) is 9.59 Å². The van der Waals surface area contributed by atoms with E-state index in [1.165, 1.54) is 0 Å². The lowest BCUT2D eigenvalue weighted by molar-refractivity contribution is -0.120. The zero-order chi connectivity index (χ0) is 10.3. The van der Waals surface area contributed by atoms with Crippen molar-refractivity contribution in [2.45, 2.75) is 6.42 Å². The standard InChI is InChI=1S/C7H11ClN2O3/c1-5(3-9-7(12)13)2-6(11)10-4-8/h9H,1-4H2,(H,10,11)(H,12,13). The summed E-state index contributed by atoms with van der Waals surface area (Å²) in [6.45, 7) is 3.59. The Bertz CT molecular complexity index is 218. The van der Waals surface area contributed by atoms with Gasteiger partial charge < -0.3 is 15.7 Å².